The van der Waals surface area contributed by atoms with Crippen molar-refractivity contribution < 1.29 is 4.57 Å². The van der Waals surface area contributed by atoms with Crippen LogP contribution in [-0.4, -0.2) is 0 Å². The third kappa shape index (κ3) is 14.2. The van der Waals surface area contributed by atoms with E-state index in [0.29, 0.717) is 0 Å². The molecule has 0 amide bonds. The maximum atomic E-state index is 14.3. The van der Waals surface area contributed by atoms with Crippen LogP contribution >= 0.6 is 97.3 Å². The molecule has 0 radical (unpaired) electrons. The van der Waals surface area contributed by atoms with E-state index >= 15 is 0 Å². The van der Waals surface area contributed by atoms with Gasteiger partial charge in [0.1, 0.15) is 0 Å². The zero-order chi connectivity index (χ0) is 52.0. The lowest BCUT2D eigenvalue weighted by Gasteiger charge is -2.20. The van der Waals surface area contributed by atoms with E-state index in [2.05, 4.69) is 246 Å². The smallest absolute Gasteiger partial charge is 0.171 e. The molecule has 0 N–H and O–H groups in total. The van der Waals surface area contributed by atoms with Crippen molar-refractivity contribution in [3.05, 3.63) is 309 Å². The molecule has 368 valence electrons. The largest absolute Gasteiger partial charge is 0.309 e. The van der Waals surface area contributed by atoms with Gasteiger partial charge in [0.05, 0.1) is 7.27 Å². The Labute approximate surface area is 481 Å². The van der Waals surface area contributed by atoms with Gasteiger partial charge in [-0.3, -0.25) is 0 Å². The molecule has 12 aromatic rings. The van der Waals surface area contributed by atoms with Gasteiger partial charge in [-0.25, -0.2) is 0 Å². The van der Waals surface area contributed by atoms with E-state index in [1.165, 1.54) is 48.1 Å². The summed E-state index contributed by atoms with van der Waals surface area (Å²) < 4.78 is 18.7. The zero-order valence-electron chi connectivity index (χ0n) is 40.4. The molecule has 0 aliphatic carbocycles. The molecule has 0 aromatic heterocycles. The summed E-state index contributed by atoms with van der Waals surface area (Å²) in [6.45, 7) is 0. The molecule has 0 spiro atoms. The van der Waals surface area contributed by atoms with Gasteiger partial charge in [0.25, 0.3) is 0 Å². The van der Waals surface area contributed by atoms with E-state index in [4.69, 9.17) is 11.2 Å². The number of benzene rings is 12. The minimum absolute atomic E-state index is 0.544. The lowest BCUT2D eigenvalue weighted by Crippen LogP contribution is -2.24. The quantitative estimate of drug-likeness (QED) is 0.139. The first kappa shape index (κ1) is 54.5. The van der Waals surface area contributed by atoms with Crippen LogP contribution in [0.2, 0.25) is 0 Å². The number of rotatable bonds is 8. The fraction of sp³-hybridized carbons (Fsp3) is 0. The van der Waals surface area contributed by atoms with E-state index in [0.717, 1.165) is 44.6 Å². The molecule has 0 aliphatic rings. The van der Waals surface area contributed by atoms with Gasteiger partial charge in [-0.15, -0.1) is 0 Å². The summed E-state index contributed by atoms with van der Waals surface area (Å²) in [6, 6.07) is 99.7. The summed E-state index contributed by atoms with van der Waals surface area (Å²) in [4.78, 5) is 0. The Morgan fingerprint density at radius 1 is 0.267 bits per heavy atom. The van der Waals surface area contributed by atoms with E-state index in [9.17, 15) is 4.57 Å². The van der Waals surface area contributed by atoms with E-state index in [1.807, 2.05) is 109 Å². The van der Waals surface area contributed by atoms with Crippen LogP contribution in [0.5, 0.6) is 0 Å². The van der Waals surface area contributed by atoms with Crippen molar-refractivity contribution in [3.63, 3.8) is 0 Å². The molecular formula is C66H48Br4ClOP3. The standard InChI is InChI=1S/C22H16BrOP.C22H16BrP.C12H10ClP.C10H6Br2/c23-19-13-11-17-12-14-22(16-18(17)15-19)25(24,20-7-3-1-4-8-20)21-9-5-2-6-10-21;23-19-13-11-17-12-14-22(16-18(17)15-19)24(20-7-3-1-4-8-20)21-9-5-2-6-10-21;13-14(11-7-3-1-4-8-11)12-9-5-2-6-10-12;11-9-3-1-7-2-4-10(12)6-8(7)5-9/h1-16H;1-16H;1-10H;1-6H. The lowest BCUT2D eigenvalue weighted by molar-refractivity contribution is 0.592. The Balaban J connectivity index is 0.000000128. The van der Waals surface area contributed by atoms with Crippen molar-refractivity contribution in [2.45, 2.75) is 0 Å². The van der Waals surface area contributed by atoms with Crippen molar-refractivity contribution in [3.8, 4) is 0 Å². The summed E-state index contributed by atoms with van der Waals surface area (Å²) in [6.07, 6.45) is 0. The molecule has 0 fully saturated rings. The van der Waals surface area contributed by atoms with E-state index in [-0.39, 0.29) is 0 Å². The summed E-state index contributed by atoms with van der Waals surface area (Å²) in [5, 5.41) is 16.4. The summed E-state index contributed by atoms with van der Waals surface area (Å²) >= 11 is 20.4. The van der Waals surface area contributed by atoms with Crippen LogP contribution in [0.15, 0.2) is 309 Å². The van der Waals surface area contributed by atoms with Crippen molar-refractivity contribution in [1.29, 1.82) is 0 Å². The van der Waals surface area contributed by atoms with Gasteiger partial charge >= 0.3 is 0 Å². The van der Waals surface area contributed by atoms with Gasteiger partial charge < -0.3 is 4.57 Å². The molecule has 0 atom stereocenters. The summed E-state index contributed by atoms with van der Waals surface area (Å²) in [5.41, 5.74) is 0. The van der Waals surface area contributed by atoms with Gasteiger partial charge in [-0.05, 0) is 127 Å². The fourth-order valence-electron chi connectivity index (χ4n) is 8.52. The third-order valence-electron chi connectivity index (χ3n) is 12.2. The molecule has 1 nitrogen and oxygen atoms in total. The molecular weight excluding hydrogens is 1260 g/mol. The van der Waals surface area contributed by atoms with Crippen molar-refractivity contribution in [1.82, 2.24) is 0 Å². The maximum Gasteiger partial charge on any atom is 0.171 e. The highest BCUT2D eigenvalue weighted by atomic mass is 79.9. The summed E-state index contributed by atoms with van der Waals surface area (Å²) in [7, 11) is -4.15. The molecule has 12 rings (SSSR count). The highest BCUT2D eigenvalue weighted by Gasteiger charge is 2.29. The highest BCUT2D eigenvalue weighted by Crippen LogP contribution is 2.43. The zero-order valence-corrected chi connectivity index (χ0v) is 50.1. The first-order valence-electron chi connectivity index (χ1n) is 24.0. The van der Waals surface area contributed by atoms with Crippen molar-refractivity contribution in [2.24, 2.45) is 0 Å². The topological polar surface area (TPSA) is 17.1 Å². The molecule has 12 aromatic carbocycles. The van der Waals surface area contributed by atoms with Crippen LogP contribution in [-0.2, 0) is 4.57 Å². The minimum atomic E-state index is -2.91. The number of hydrogen-bond donors (Lipinski definition) is 0. The van der Waals surface area contributed by atoms with Gasteiger partial charge in [0.2, 0.25) is 0 Å². The first-order chi connectivity index (χ1) is 36.6. The van der Waals surface area contributed by atoms with Crippen LogP contribution in [0.25, 0.3) is 32.3 Å². The number of halogens is 5. The average Bonchev–Trinajstić information content (AvgIpc) is 3.46. The molecule has 0 heterocycles. The number of hydrogen-bond acceptors (Lipinski definition) is 1. The Kier molecular flexibility index (Phi) is 19.4. The maximum absolute atomic E-state index is 14.3. The van der Waals surface area contributed by atoms with Crippen LogP contribution in [0, 0.1) is 0 Å². The monoisotopic (exact) mass is 1300 g/mol. The van der Waals surface area contributed by atoms with Crippen LogP contribution in [0.3, 0.4) is 0 Å². The van der Waals surface area contributed by atoms with Gasteiger partial charge in [-0.2, -0.15) is 0 Å². The molecule has 0 saturated heterocycles. The number of fused-ring (bicyclic) bond motifs is 3. The van der Waals surface area contributed by atoms with E-state index < -0.39 is 22.3 Å². The molecule has 0 saturated carbocycles. The second kappa shape index (κ2) is 26.7. The normalized spacial score (nSPS) is 11.0. The van der Waals surface area contributed by atoms with Gasteiger partial charge in [0.15, 0.2) is 7.14 Å². The third-order valence-corrected chi connectivity index (χ3v) is 22.3. The molecule has 0 bridgehead atoms. The lowest BCUT2D eigenvalue weighted by atomic mass is 10.1. The van der Waals surface area contributed by atoms with E-state index in [1.54, 1.807) is 0 Å². The second-order valence-corrected chi connectivity index (χ2v) is 28.5. The first-order valence-corrected chi connectivity index (χ1v) is 32.5. The predicted octanol–water partition coefficient (Wildman–Crippen LogP) is 18.2. The van der Waals surface area contributed by atoms with Gasteiger partial charge in [0, 0.05) is 33.8 Å². The Bertz CT molecular complexity index is 3660. The summed E-state index contributed by atoms with van der Waals surface area (Å²) in [5.74, 6) is 0. The SMILES string of the molecule is Brc1ccc2ccc(Br)cc2c1.Brc1ccc2ccc(P(c3ccccc3)c3ccccc3)cc2c1.ClP(c1ccccc1)c1ccccc1.O=P(c1ccccc1)(c1ccccc1)c1ccc2ccc(Br)cc2c1. The van der Waals surface area contributed by atoms with Crippen LogP contribution in [0.4, 0.5) is 0 Å². The van der Waals surface area contributed by atoms with Crippen LogP contribution < -0.4 is 42.4 Å². The minimum Gasteiger partial charge on any atom is -0.309 e. The predicted molar refractivity (Wildman–Crippen MR) is 346 cm³/mol. The Morgan fingerprint density at radius 2 is 0.560 bits per heavy atom. The van der Waals surface area contributed by atoms with Crippen molar-refractivity contribution in [2.75, 3.05) is 0 Å². The molecule has 75 heavy (non-hydrogen) atoms. The fourth-order valence-corrected chi connectivity index (χ4v) is 16.9. The average molecular weight is 1310 g/mol. The van der Waals surface area contributed by atoms with Gasteiger partial charge in [-0.1, -0.05) is 305 Å². The molecule has 9 heteroatoms. The molecule has 0 unspecified atom stereocenters. The Hall–Kier alpha value is -5.28. The Morgan fingerprint density at radius 3 is 0.933 bits per heavy atom. The van der Waals surface area contributed by atoms with Crippen LogP contribution in [0.1, 0.15) is 0 Å². The van der Waals surface area contributed by atoms with Crippen molar-refractivity contribution >= 4 is 172 Å². The highest BCUT2D eigenvalue weighted by molar-refractivity contribution is 9.11. The molecule has 0 aliphatic heterocycles. The second-order valence-electron chi connectivity index (χ2n) is 17.2.